The second-order valence-electron chi connectivity index (χ2n) is 7.15. The number of nitrogens with zero attached hydrogens (tertiary/aromatic N) is 2. The second-order valence-corrected chi connectivity index (χ2v) is 7.15. The molecule has 1 aliphatic carbocycles. The lowest BCUT2D eigenvalue weighted by molar-refractivity contribution is 0.00707. The van der Waals surface area contributed by atoms with Crippen molar-refractivity contribution in [2.45, 2.75) is 65.0 Å². The Kier molecular flexibility index (Phi) is 3.71. The molecule has 118 valence electrons. The van der Waals surface area contributed by atoms with Crippen LogP contribution in [0.15, 0.2) is 18.3 Å². The standard InChI is InChI=1S/C18H24N2O2/c1-12-15(17(21)22-18(2,3)4)14-10-7-11-19-16(14)20(12)13-8-5-6-9-13/h7,10-11,13H,5-6,8-9H2,1-4H3. The van der Waals surface area contributed by atoms with Crippen molar-refractivity contribution < 1.29 is 9.53 Å². The van der Waals surface area contributed by atoms with Crippen molar-refractivity contribution in [2.24, 2.45) is 0 Å². The zero-order valence-electron chi connectivity index (χ0n) is 13.8. The molecule has 0 N–H and O–H groups in total. The van der Waals surface area contributed by atoms with Gasteiger partial charge in [-0.1, -0.05) is 12.8 Å². The molecule has 2 heterocycles. The molecule has 0 unspecified atom stereocenters. The highest BCUT2D eigenvalue weighted by Gasteiger charge is 2.29. The van der Waals surface area contributed by atoms with E-state index < -0.39 is 5.60 Å². The van der Waals surface area contributed by atoms with Crippen LogP contribution in [0.4, 0.5) is 0 Å². The van der Waals surface area contributed by atoms with Crippen LogP contribution in [0.5, 0.6) is 0 Å². The fourth-order valence-corrected chi connectivity index (χ4v) is 3.45. The van der Waals surface area contributed by atoms with E-state index in [9.17, 15) is 4.79 Å². The first-order chi connectivity index (χ1) is 10.4. The summed E-state index contributed by atoms with van der Waals surface area (Å²) in [5, 5.41) is 0.904. The summed E-state index contributed by atoms with van der Waals surface area (Å²) in [6, 6.07) is 4.31. The summed E-state index contributed by atoms with van der Waals surface area (Å²) in [6.07, 6.45) is 6.62. The van der Waals surface area contributed by atoms with Crippen molar-refractivity contribution in [1.82, 2.24) is 9.55 Å². The summed E-state index contributed by atoms with van der Waals surface area (Å²) in [5.41, 5.74) is 2.07. The van der Waals surface area contributed by atoms with Crippen molar-refractivity contribution in [2.75, 3.05) is 0 Å². The van der Waals surface area contributed by atoms with E-state index in [-0.39, 0.29) is 5.97 Å². The monoisotopic (exact) mass is 300 g/mol. The average molecular weight is 300 g/mol. The second kappa shape index (κ2) is 5.41. The van der Waals surface area contributed by atoms with E-state index in [2.05, 4.69) is 9.55 Å². The number of carbonyl (C=O) groups is 1. The Labute approximate surface area is 131 Å². The van der Waals surface area contributed by atoms with Crippen molar-refractivity contribution >= 4 is 17.0 Å². The molecule has 22 heavy (non-hydrogen) atoms. The van der Waals surface area contributed by atoms with Gasteiger partial charge in [0.15, 0.2) is 0 Å². The highest BCUT2D eigenvalue weighted by atomic mass is 16.6. The number of hydrogen-bond acceptors (Lipinski definition) is 3. The summed E-state index contributed by atoms with van der Waals surface area (Å²) in [7, 11) is 0. The summed E-state index contributed by atoms with van der Waals surface area (Å²) < 4.78 is 7.86. The van der Waals surface area contributed by atoms with Crippen LogP contribution >= 0.6 is 0 Å². The van der Waals surface area contributed by atoms with Crippen molar-refractivity contribution in [1.29, 1.82) is 0 Å². The SMILES string of the molecule is Cc1c(C(=O)OC(C)(C)C)c2cccnc2n1C1CCCC1. The lowest BCUT2D eigenvalue weighted by Crippen LogP contribution is -2.24. The van der Waals surface area contributed by atoms with Gasteiger partial charge in [-0.2, -0.15) is 0 Å². The first-order valence-corrected chi connectivity index (χ1v) is 8.07. The van der Waals surface area contributed by atoms with E-state index in [0.29, 0.717) is 11.6 Å². The van der Waals surface area contributed by atoms with E-state index in [1.54, 1.807) is 6.20 Å². The smallest absolute Gasteiger partial charge is 0.341 e. The molecule has 0 aliphatic heterocycles. The molecule has 4 nitrogen and oxygen atoms in total. The van der Waals surface area contributed by atoms with Gasteiger partial charge in [-0.05, 0) is 52.7 Å². The average Bonchev–Trinajstić information content (AvgIpc) is 3.00. The van der Waals surface area contributed by atoms with Crippen molar-refractivity contribution in [3.8, 4) is 0 Å². The minimum atomic E-state index is -0.493. The maximum Gasteiger partial charge on any atom is 0.341 e. The third-order valence-electron chi connectivity index (χ3n) is 4.30. The number of carbonyl (C=O) groups excluding carboxylic acids is 1. The van der Waals surface area contributed by atoms with Gasteiger partial charge >= 0.3 is 5.97 Å². The van der Waals surface area contributed by atoms with Gasteiger partial charge in [0.25, 0.3) is 0 Å². The number of rotatable bonds is 2. The summed E-state index contributed by atoms with van der Waals surface area (Å²) in [4.78, 5) is 17.2. The van der Waals surface area contributed by atoms with Crippen LogP contribution in [0, 0.1) is 6.92 Å². The van der Waals surface area contributed by atoms with Crippen LogP contribution in [0.25, 0.3) is 11.0 Å². The van der Waals surface area contributed by atoms with E-state index in [0.717, 1.165) is 29.6 Å². The first kappa shape index (κ1) is 15.1. The third-order valence-corrected chi connectivity index (χ3v) is 4.30. The third kappa shape index (κ3) is 2.62. The predicted molar refractivity (Wildman–Crippen MR) is 87.1 cm³/mol. The Balaban J connectivity index is 2.14. The zero-order valence-corrected chi connectivity index (χ0v) is 13.8. The zero-order chi connectivity index (χ0) is 15.9. The molecule has 0 aromatic carbocycles. The molecule has 1 aliphatic rings. The summed E-state index contributed by atoms with van der Waals surface area (Å²) in [6.45, 7) is 7.71. The summed E-state index contributed by atoms with van der Waals surface area (Å²) in [5.74, 6) is -0.250. The van der Waals surface area contributed by atoms with Gasteiger partial charge in [0, 0.05) is 23.3 Å². The molecular weight excluding hydrogens is 276 g/mol. The Bertz CT molecular complexity index is 704. The molecular formula is C18H24N2O2. The van der Waals surface area contributed by atoms with Gasteiger partial charge in [0.1, 0.15) is 11.2 Å². The highest BCUT2D eigenvalue weighted by molar-refractivity contribution is 6.05. The molecule has 1 fully saturated rings. The lowest BCUT2D eigenvalue weighted by Gasteiger charge is -2.20. The highest BCUT2D eigenvalue weighted by Crippen LogP contribution is 2.36. The first-order valence-electron chi connectivity index (χ1n) is 8.07. The molecule has 0 bridgehead atoms. The maximum atomic E-state index is 12.7. The van der Waals surface area contributed by atoms with Gasteiger partial charge in [-0.3, -0.25) is 0 Å². The maximum absolute atomic E-state index is 12.7. The van der Waals surface area contributed by atoms with Crippen molar-refractivity contribution in [3.63, 3.8) is 0 Å². The molecule has 3 rings (SSSR count). The molecule has 4 heteroatoms. The molecule has 2 aromatic rings. The fourth-order valence-electron chi connectivity index (χ4n) is 3.45. The van der Waals surface area contributed by atoms with Gasteiger partial charge in [-0.15, -0.1) is 0 Å². The van der Waals surface area contributed by atoms with E-state index in [1.165, 1.54) is 12.8 Å². The van der Waals surface area contributed by atoms with Gasteiger partial charge in [-0.25, -0.2) is 9.78 Å². The summed E-state index contributed by atoms with van der Waals surface area (Å²) >= 11 is 0. The van der Waals surface area contributed by atoms with Crippen LogP contribution in [0.3, 0.4) is 0 Å². The lowest BCUT2D eigenvalue weighted by atomic mass is 10.1. The van der Waals surface area contributed by atoms with Crippen LogP contribution in [0.2, 0.25) is 0 Å². The van der Waals surface area contributed by atoms with Crippen LogP contribution < -0.4 is 0 Å². The number of ether oxygens (including phenoxy) is 1. The molecule has 0 amide bonds. The van der Waals surface area contributed by atoms with Gasteiger partial charge < -0.3 is 9.30 Å². The molecule has 0 atom stereocenters. The number of pyridine rings is 1. The van der Waals surface area contributed by atoms with Crippen LogP contribution in [-0.2, 0) is 4.74 Å². The quantitative estimate of drug-likeness (QED) is 0.771. The Morgan fingerprint density at radius 3 is 2.64 bits per heavy atom. The van der Waals surface area contributed by atoms with E-state index in [1.807, 2.05) is 39.8 Å². The van der Waals surface area contributed by atoms with E-state index in [4.69, 9.17) is 4.74 Å². The van der Waals surface area contributed by atoms with Crippen molar-refractivity contribution in [3.05, 3.63) is 29.6 Å². The van der Waals surface area contributed by atoms with Crippen LogP contribution in [-0.4, -0.2) is 21.1 Å². The Morgan fingerprint density at radius 2 is 2.00 bits per heavy atom. The number of hydrogen-bond donors (Lipinski definition) is 0. The normalized spacial score (nSPS) is 16.4. The van der Waals surface area contributed by atoms with E-state index >= 15 is 0 Å². The van der Waals surface area contributed by atoms with Gasteiger partial charge in [0.05, 0.1) is 5.56 Å². The topological polar surface area (TPSA) is 44.1 Å². The number of aromatic nitrogens is 2. The molecule has 0 radical (unpaired) electrons. The van der Waals surface area contributed by atoms with Crippen LogP contribution in [0.1, 0.15) is 68.5 Å². The Hall–Kier alpha value is -1.84. The minimum Gasteiger partial charge on any atom is -0.456 e. The largest absolute Gasteiger partial charge is 0.456 e. The molecule has 0 saturated heterocycles. The predicted octanol–water partition coefficient (Wildman–Crippen LogP) is 4.42. The minimum absolute atomic E-state index is 0.250. The molecule has 2 aromatic heterocycles. The fraction of sp³-hybridized carbons (Fsp3) is 0.556. The number of fused-ring (bicyclic) bond motifs is 1. The Morgan fingerprint density at radius 1 is 1.32 bits per heavy atom. The molecule has 1 saturated carbocycles. The molecule has 0 spiro atoms. The number of esters is 1. The van der Waals surface area contributed by atoms with Gasteiger partial charge in [0.2, 0.25) is 0 Å².